The predicted octanol–water partition coefficient (Wildman–Crippen LogP) is 2.96. The van der Waals surface area contributed by atoms with Crippen molar-refractivity contribution in [2.45, 2.75) is 12.5 Å². The molecule has 0 bridgehead atoms. The molecule has 0 fully saturated rings. The van der Waals surface area contributed by atoms with Gasteiger partial charge in [-0.05, 0) is 24.1 Å². The fraction of sp³-hybridized carbons (Fsp3) is 0.364. The Balaban J connectivity index is 2.72. The quantitative estimate of drug-likeness (QED) is 0.828. The first-order chi connectivity index (χ1) is 7.69. The zero-order valence-corrected chi connectivity index (χ0v) is 10.0. The Labute approximate surface area is 104 Å². The summed E-state index contributed by atoms with van der Waals surface area (Å²) in [5, 5.41) is 18.4. The standard InChI is InChI=1S/C11H11Cl2NO2/c12-9-3-2-8(6-10(9)13)11(7-14)16-5-1-4-15/h2-3,6,11,15H,1,4-5H2. The molecule has 0 radical (unpaired) electrons. The molecule has 5 heteroatoms. The molecular weight excluding hydrogens is 249 g/mol. The van der Waals surface area contributed by atoms with Crippen LogP contribution < -0.4 is 0 Å². The second kappa shape index (κ2) is 6.72. The number of benzene rings is 1. The summed E-state index contributed by atoms with van der Waals surface area (Å²) in [6, 6.07) is 6.95. The minimum absolute atomic E-state index is 0.0412. The third kappa shape index (κ3) is 3.66. The van der Waals surface area contributed by atoms with Gasteiger partial charge in [-0.2, -0.15) is 5.26 Å². The molecule has 1 rings (SSSR count). The van der Waals surface area contributed by atoms with E-state index in [1.807, 2.05) is 6.07 Å². The van der Waals surface area contributed by atoms with E-state index in [-0.39, 0.29) is 6.61 Å². The molecule has 0 amide bonds. The Kier molecular flexibility index (Phi) is 5.58. The highest BCUT2D eigenvalue weighted by Gasteiger charge is 2.12. The van der Waals surface area contributed by atoms with Gasteiger partial charge in [0.15, 0.2) is 6.10 Å². The Morgan fingerprint density at radius 3 is 2.69 bits per heavy atom. The maximum absolute atomic E-state index is 8.93. The molecule has 0 aliphatic carbocycles. The van der Waals surface area contributed by atoms with Crippen LogP contribution in [0.15, 0.2) is 18.2 Å². The van der Waals surface area contributed by atoms with Crippen LogP contribution in [-0.2, 0) is 4.74 Å². The normalized spacial score (nSPS) is 12.1. The summed E-state index contributed by atoms with van der Waals surface area (Å²) in [6.45, 7) is 0.370. The molecule has 16 heavy (non-hydrogen) atoms. The molecule has 86 valence electrons. The summed E-state index contributed by atoms with van der Waals surface area (Å²) >= 11 is 11.6. The molecule has 1 atom stereocenters. The topological polar surface area (TPSA) is 53.2 Å². The van der Waals surface area contributed by atoms with Gasteiger partial charge in [0, 0.05) is 6.61 Å². The first-order valence-corrected chi connectivity index (χ1v) is 5.51. The minimum atomic E-state index is -0.679. The Morgan fingerprint density at radius 2 is 2.12 bits per heavy atom. The van der Waals surface area contributed by atoms with Crippen molar-refractivity contribution in [3.05, 3.63) is 33.8 Å². The van der Waals surface area contributed by atoms with Crippen molar-refractivity contribution in [2.75, 3.05) is 13.2 Å². The molecule has 3 nitrogen and oxygen atoms in total. The van der Waals surface area contributed by atoms with E-state index >= 15 is 0 Å². The Bertz CT molecular complexity index is 390. The van der Waals surface area contributed by atoms with Crippen molar-refractivity contribution < 1.29 is 9.84 Å². The fourth-order valence-electron chi connectivity index (χ4n) is 1.15. The number of ether oxygens (including phenoxy) is 1. The van der Waals surface area contributed by atoms with Gasteiger partial charge in [-0.25, -0.2) is 0 Å². The summed E-state index contributed by atoms with van der Waals surface area (Å²) in [4.78, 5) is 0. The van der Waals surface area contributed by atoms with Gasteiger partial charge in [0.1, 0.15) is 0 Å². The molecule has 0 saturated carbocycles. The van der Waals surface area contributed by atoms with Crippen LogP contribution >= 0.6 is 23.2 Å². The number of hydrogen-bond acceptors (Lipinski definition) is 3. The van der Waals surface area contributed by atoms with Gasteiger partial charge in [-0.3, -0.25) is 0 Å². The zero-order chi connectivity index (χ0) is 12.0. The number of nitrogens with zero attached hydrogens (tertiary/aromatic N) is 1. The van der Waals surface area contributed by atoms with E-state index in [9.17, 15) is 0 Å². The smallest absolute Gasteiger partial charge is 0.169 e. The monoisotopic (exact) mass is 259 g/mol. The summed E-state index contributed by atoms with van der Waals surface area (Å²) in [6.07, 6.45) is -0.180. The molecule has 1 aromatic rings. The lowest BCUT2D eigenvalue weighted by Gasteiger charge is -2.11. The van der Waals surface area contributed by atoms with Crippen LogP contribution in [0.1, 0.15) is 18.1 Å². The number of hydrogen-bond donors (Lipinski definition) is 1. The maximum atomic E-state index is 8.93. The fourth-order valence-corrected chi connectivity index (χ4v) is 1.46. The predicted molar refractivity (Wildman–Crippen MR) is 62.5 cm³/mol. The number of rotatable bonds is 5. The third-order valence-corrected chi connectivity index (χ3v) is 2.69. The molecule has 1 aromatic carbocycles. The lowest BCUT2D eigenvalue weighted by atomic mass is 10.1. The van der Waals surface area contributed by atoms with Crippen molar-refractivity contribution in [2.24, 2.45) is 0 Å². The molecule has 0 aliphatic rings. The molecular formula is C11H11Cl2NO2. The zero-order valence-electron chi connectivity index (χ0n) is 8.49. The van der Waals surface area contributed by atoms with E-state index < -0.39 is 6.10 Å². The number of nitriles is 1. The average Bonchev–Trinajstić information content (AvgIpc) is 2.29. The van der Waals surface area contributed by atoms with Crippen LogP contribution in [0.4, 0.5) is 0 Å². The lowest BCUT2D eigenvalue weighted by molar-refractivity contribution is 0.0774. The summed E-state index contributed by atoms with van der Waals surface area (Å²) < 4.78 is 5.29. The van der Waals surface area contributed by atoms with E-state index in [1.54, 1.807) is 18.2 Å². The van der Waals surface area contributed by atoms with Crippen LogP contribution in [0.2, 0.25) is 10.0 Å². The van der Waals surface area contributed by atoms with E-state index in [1.165, 1.54) is 0 Å². The highest BCUT2D eigenvalue weighted by molar-refractivity contribution is 6.42. The van der Waals surface area contributed by atoms with E-state index in [0.717, 1.165) is 0 Å². The first-order valence-electron chi connectivity index (χ1n) is 4.76. The van der Waals surface area contributed by atoms with Gasteiger partial charge in [0.25, 0.3) is 0 Å². The SMILES string of the molecule is N#CC(OCCCO)c1ccc(Cl)c(Cl)c1. The van der Waals surface area contributed by atoms with Gasteiger partial charge in [-0.15, -0.1) is 0 Å². The molecule has 1 N–H and O–H groups in total. The number of aliphatic hydroxyl groups excluding tert-OH is 1. The second-order valence-corrected chi connectivity index (χ2v) is 3.95. The average molecular weight is 260 g/mol. The second-order valence-electron chi connectivity index (χ2n) is 3.13. The van der Waals surface area contributed by atoms with Crippen molar-refractivity contribution in [1.82, 2.24) is 0 Å². The van der Waals surface area contributed by atoms with Crippen LogP contribution in [0.25, 0.3) is 0 Å². The van der Waals surface area contributed by atoms with E-state index in [4.69, 9.17) is 38.3 Å². The van der Waals surface area contributed by atoms with Gasteiger partial charge >= 0.3 is 0 Å². The van der Waals surface area contributed by atoms with E-state index in [0.29, 0.717) is 28.6 Å². The van der Waals surface area contributed by atoms with E-state index in [2.05, 4.69) is 0 Å². The van der Waals surface area contributed by atoms with Gasteiger partial charge in [0.2, 0.25) is 0 Å². The van der Waals surface area contributed by atoms with Crippen LogP contribution in [0, 0.1) is 11.3 Å². The van der Waals surface area contributed by atoms with Crippen molar-refractivity contribution in [1.29, 1.82) is 5.26 Å². The van der Waals surface area contributed by atoms with Gasteiger partial charge < -0.3 is 9.84 Å². The number of aliphatic hydroxyl groups is 1. The highest BCUT2D eigenvalue weighted by atomic mass is 35.5. The summed E-state index contributed by atoms with van der Waals surface area (Å²) in [5.41, 5.74) is 0.662. The molecule has 0 aromatic heterocycles. The highest BCUT2D eigenvalue weighted by Crippen LogP contribution is 2.26. The van der Waals surface area contributed by atoms with Crippen molar-refractivity contribution in [3.8, 4) is 6.07 Å². The maximum Gasteiger partial charge on any atom is 0.169 e. The molecule has 0 spiro atoms. The summed E-state index contributed by atoms with van der Waals surface area (Å²) in [5.74, 6) is 0. The molecule has 0 saturated heterocycles. The lowest BCUT2D eigenvalue weighted by Crippen LogP contribution is -2.04. The first kappa shape index (κ1) is 13.3. The molecule has 0 heterocycles. The largest absolute Gasteiger partial charge is 0.396 e. The van der Waals surface area contributed by atoms with Crippen molar-refractivity contribution in [3.63, 3.8) is 0 Å². The number of halogens is 2. The Hall–Kier alpha value is -0.790. The third-order valence-electron chi connectivity index (χ3n) is 1.95. The van der Waals surface area contributed by atoms with Crippen LogP contribution in [0.3, 0.4) is 0 Å². The van der Waals surface area contributed by atoms with Gasteiger partial charge in [0.05, 0.1) is 22.7 Å². The molecule has 0 aliphatic heterocycles. The van der Waals surface area contributed by atoms with Gasteiger partial charge in [-0.1, -0.05) is 29.3 Å². The molecule has 1 unspecified atom stereocenters. The van der Waals surface area contributed by atoms with Crippen LogP contribution in [-0.4, -0.2) is 18.3 Å². The summed E-state index contributed by atoms with van der Waals surface area (Å²) in [7, 11) is 0. The Morgan fingerprint density at radius 1 is 1.38 bits per heavy atom. The van der Waals surface area contributed by atoms with Crippen molar-refractivity contribution >= 4 is 23.2 Å². The van der Waals surface area contributed by atoms with Crippen LogP contribution in [0.5, 0.6) is 0 Å². The minimum Gasteiger partial charge on any atom is -0.396 e.